The molecule has 0 saturated carbocycles. The van der Waals surface area contributed by atoms with Gasteiger partial charge in [-0.3, -0.25) is 4.79 Å². The number of carbonyl (C=O) groups is 1. The molecule has 2 N–H and O–H groups in total. The van der Waals surface area contributed by atoms with Crippen molar-refractivity contribution in [1.82, 2.24) is 20.4 Å². The van der Waals surface area contributed by atoms with E-state index in [1.54, 1.807) is 0 Å². The van der Waals surface area contributed by atoms with Gasteiger partial charge in [0.1, 0.15) is 0 Å². The molecule has 1 aliphatic heterocycles. The van der Waals surface area contributed by atoms with Gasteiger partial charge in [0.25, 0.3) is 0 Å². The van der Waals surface area contributed by atoms with Gasteiger partial charge in [0, 0.05) is 24.8 Å². The van der Waals surface area contributed by atoms with E-state index in [-0.39, 0.29) is 11.8 Å². The summed E-state index contributed by atoms with van der Waals surface area (Å²) in [5.41, 5.74) is 3.16. The number of aromatic nitrogens is 2. The minimum absolute atomic E-state index is 0.0988. The fraction of sp³-hybridized carbons (Fsp3) is 0.444. The molecule has 5 nitrogen and oxygen atoms in total. The first-order valence-corrected chi connectivity index (χ1v) is 8.27. The molecule has 1 aromatic carbocycles. The lowest BCUT2D eigenvalue weighted by molar-refractivity contribution is -0.124. The van der Waals surface area contributed by atoms with E-state index >= 15 is 0 Å². The Bertz CT molecular complexity index is 657. The van der Waals surface area contributed by atoms with Crippen LogP contribution in [-0.2, 0) is 11.3 Å². The molecule has 2 aromatic rings. The van der Waals surface area contributed by atoms with E-state index in [1.807, 2.05) is 41.2 Å². The smallest absolute Gasteiger partial charge is 0.224 e. The summed E-state index contributed by atoms with van der Waals surface area (Å²) in [7, 11) is 0. The lowest BCUT2D eigenvalue weighted by Crippen LogP contribution is -2.31. The van der Waals surface area contributed by atoms with Crippen LogP contribution in [0.15, 0.2) is 36.5 Å². The van der Waals surface area contributed by atoms with Crippen molar-refractivity contribution in [2.45, 2.75) is 32.7 Å². The first-order chi connectivity index (χ1) is 11.1. The predicted octanol–water partition coefficient (Wildman–Crippen LogP) is 2.22. The van der Waals surface area contributed by atoms with Gasteiger partial charge in [-0.05, 0) is 31.0 Å². The normalized spacial score (nSPS) is 17.6. The summed E-state index contributed by atoms with van der Waals surface area (Å²) in [5.74, 6) is 0.554. The Morgan fingerprint density at radius 1 is 1.39 bits per heavy atom. The van der Waals surface area contributed by atoms with Crippen LogP contribution in [0, 0.1) is 5.92 Å². The third kappa shape index (κ3) is 3.62. The highest BCUT2D eigenvalue weighted by Crippen LogP contribution is 2.20. The molecule has 0 bridgehead atoms. The summed E-state index contributed by atoms with van der Waals surface area (Å²) in [6.07, 6.45) is 2.95. The molecule has 0 spiro atoms. The number of amides is 1. The van der Waals surface area contributed by atoms with Crippen LogP contribution in [0.25, 0.3) is 5.69 Å². The van der Waals surface area contributed by atoms with E-state index in [2.05, 4.69) is 24.5 Å². The molecule has 3 rings (SSSR count). The summed E-state index contributed by atoms with van der Waals surface area (Å²) in [6.45, 7) is 6.51. The van der Waals surface area contributed by atoms with Gasteiger partial charge in [-0.25, -0.2) is 4.68 Å². The first kappa shape index (κ1) is 15.7. The second kappa shape index (κ2) is 6.96. The van der Waals surface area contributed by atoms with Crippen LogP contribution in [0.4, 0.5) is 0 Å². The fourth-order valence-electron chi connectivity index (χ4n) is 2.96. The molecule has 0 radical (unpaired) electrons. The van der Waals surface area contributed by atoms with Gasteiger partial charge in [0.05, 0.1) is 17.3 Å². The zero-order valence-electron chi connectivity index (χ0n) is 13.7. The SMILES string of the molecule is CC(C)c1nn(-c2ccccc2)cc1CNC(=O)[C@@H]1CCNC1. The number of carbonyl (C=O) groups excluding carboxylic acids is 1. The molecular formula is C18H24N4O. The van der Waals surface area contributed by atoms with Crippen LogP contribution in [0.2, 0.25) is 0 Å². The third-order valence-corrected chi connectivity index (χ3v) is 4.27. The number of nitrogens with one attached hydrogen (secondary N) is 2. The molecule has 0 unspecified atom stereocenters. The molecule has 0 aliphatic carbocycles. The van der Waals surface area contributed by atoms with E-state index in [0.717, 1.165) is 36.5 Å². The first-order valence-electron chi connectivity index (χ1n) is 8.27. The summed E-state index contributed by atoms with van der Waals surface area (Å²) in [5, 5.41) is 11.0. The molecule has 1 amide bonds. The topological polar surface area (TPSA) is 59.0 Å². The average Bonchev–Trinajstić information content (AvgIpc) is 3.23. The van der Waals surface area contributed by atoms with E-state index in [0.29, 0.717) is 12.5 Å². The molecule has 1 fully saturated rings. The van der Waals surface area contributed by atoms with Gasteiger partial charge in [0.15, 0.2) is 0 Å². The molecule has 2 heterocycles. The molecular weight excluding hydrogens is 288 g/mol. The Labute approximate surface area is 137 Å². The van der Waals surface area contributed by atoms with Crippen molar-refractivity contribution in [2.24, 2.45) is 5.92 Å². The van der Waals surface area contributed by atoms with E-state index in [1.165, 1.54) is 0 Å². The Morgan fingerprint density at radius 2 is 2.17 bits per heavy atom. The molecule has 1 saturated heterocycles. The Hall–Kier alpha value is -2.14. The van der Waals surface area contributed by atoms with Crippen molar-refractivity contribution >= 4 is 5.91 Å². The maximum atomic E-state index is 12.2. The highest BCUT2D eigenvalue weighted by atomic mass is 16.1. The fourth-order valence-corrected chi connectivity index (χ4v) is 2.96. The average molecular weight is 312 g/mol. The minimum atomic E-state index is 0.0988. The molecule has 122 valence electrons. The second-order valence-electron chi connectivity index (χ2n) is 6.38. The summed E-state index contributed by atoms with van der Waals surface area (Å²) in [4.78, 5) is 12.2. The van der Waals surface area contributed by atoms with Crippen molar-refractivity contribution in [3.05, 3.63) is 47.8 Å². The lowest BCUT2D eigenvalue weighted by Gasteiger charge is -2.10. The maximum absolute atomic E-state index is 12.2. The second-order valence-corrected chi connectivity index (χ2v) is 6.38. The van der Waals surface area contributed by atoms with Crippen molar-refractivity contribution in [1.29, 1.82) is 0 Å². The molecule has 1 aliphatic rings. The number of nitrogens with zero attached hydrogens (tertiary/aromatic N) is 2. The van der Waals surface area contributed by atoms with Crippen molar-refractivity contribution < 1.29 is 4.79 Å². The van der Waals surface area contributed by atoms with Crippen molar-refractivity contribution in [3.8, 4) is 5.69 Å². The minimum Gasteiger partial charge on any atom is -0.352 e. The zero-order chi connectivity index (χ0) is 16.2. The molecule has 23 heavy (non-hydrogen) atoms. The van der Waals surface area contributed by atoms with Crippen molar-refractivity contribution in [2.75, 3.05) is 13.1 Å². The van der Waals surface area contributed by atoms with E-state index in [9.17, 15) is 4.79 Å². The van der Waals surface area contributed by atoms with Crippen LogP contribution in [-0.4, -0.2) is 28.8 Å². The van der Waals surface area contributed by atoms with Gasteiger partial charge in [-0.2, -0.15) is 5.10 Å². The van der Waals surface area contributed by atoms with Gasteiger partial charge in [-0.1, -0.05) is 32.0 Å². The number of rotatable bonds is 5. The predicted molar refractivity (Wildman–Crippen MR) is 90.5 cm³/mol. The Morgan fingerprint density at radius 3 is 2.83 bits per heavy atom. The van der Waals surface area contributed by atoms with Crippen LogP contribution in [0.3, 0.4) is 0 Å². The van der Waals surface area contributed by atoms with Gasteiger partial charge >= 0.3 is 0 Å². The van der Waals surface area contributed by atoms with Crippen molar-refractivity contribution in [3.63, 3.8) is 0 Å². The van der Waals surface area contributed by atoms with E-state index < -0.39 is 0 Å². The third-order valence-electron chi connectivity index (χ3n) is 4.27. The molecule has 1 aromatic heterocycles. The highest BCUT2D eigenvalue weighted by molar-refractivity contribution is 5.79. The summed E-state index contributed by atoms with van der Waals surface area (Å²) >= 11 is 0. The molecule has 1 atom stereocenters. The number of hydrogen-bond acceptors (Lipinski definition) is 3. The lowest BCUT2D eigenvalue weighted by atomic mass is 10.1. The van der Waals surface area contributed by atoms with Gasteiger partial charge in [-0.15, -0.1) is 0 Å². The van der Waals surface area contributed by atoms with E-state index in [4.69, 9.17) is 5.10 Å². The monoisotopic (exact) mass is 312 g/mol. The number of hydrogen-bond donors (Lipinski definition) is 2. The highest BCUT2D eigenvalue weighted by Gasteiger charge is 2.22. The van der Waals surface area contributed by atoms with Crippen LogP contribution in [0.5, 0.6) is 0 Å². The summed E-state index contributed by atoms with van der Waals surface area (Å²) in [6, 6.07) is 10.1. The summed E-state index contributed by atoms with van der Waals surface area (Å²) < 4.78 is 1.90. The largest absolute Gasteiger partial charge is 0.352 e. The van der Waals surface area contributed by atoms with Crippen LogP contribution < -0.4 is 10.6 Å². The number of benzene rings is 1. The standard InChI is InChI=1S/C18H24N4O/c1-13(2)17-15(11-20-18(23)14-8-9-19-10-14)12-22(21-17)16-6-4-3-5-7-16/h3-7,12-14,19H,8-11H2,1-2H3,(H,20,23)/t14-/m1/s1. The van der Waals surface area contributed by atoms with Gasteiger partial charge in [0.2, 0.25) is 5.91 Å². The van der Waals surface area contributed by atoms with Crippen LogP contribution in [0.1, 0.15) is 37.4 Å². The maximum Gasteiger partial charge on any atom is 0.224 e. The Kier molecular flexibility index (Phi) is 4.76. The Balaban J connectivity index is 1.75. The zero-order valence-corrected chi connectivity index (χ0v) is 13.7. The van der Waals surface area contributed by atoms with Crippen LogP contribution >= 0.6 is 0 Å². The van der Waals surface area contributed by atoms with Gasteiger partial charge < -0.3 is 10.6 Å². The number of para-hydroxylation sites is 1. The molecule has 5 heteroatoms. The quantitative estimate of drug-likeness (QED) is 0.890.